The Bertz CT molecular complexity index is 153. The van der Waals surface area contributed by atoms with Gasteiger partial charge in [0.05, 0.1) is 7.11 Å². The number of carbonyl (C=O) groups excluding carboxylic acids is 1. The van der Waals surface area contributed by atoms with E-state index < -0.39 is 0 Å². The summed E-state index contributed by atoms with van der Waals surface area (Å²) in [5, 5.41) is 0. The molecule has 0 N–H and O–H groups in total. The van der Waals surface area contributed by atoms with Gasteiger partial charge < -0.3 is 4.74 Å². The zero-order valence-corrected chi connectivity index (χ0v) is 10.7. The molecule has 0 amide bonds. The van der Waals surface area contributed by atoms with E-state index in [0.29, 0.717) is 0 Å². The van der Waals surface area contributed by atoms with Crippen LogP contribution in [-0.4, -0.2) is 28.8 Å². The lowest BCUT2D eigenvalue weighted by atomic mass is 10.2. The fraction of sp³-hybridized carbons (Fsp3) is 0.889. The molecular weight excluding hydrogens is 281 g/mol. The highest BCUT2D eigenvalue weighted by molar-refractivity contribution is 14.1. The van der Waals surface area contributed by atoms with Gasteiger partial charge in [-0.1, -0.05) is 19.8 Å². The van der Waals surface area contributed by atoms with Crippen molar-refractivity contribution < 1.29 is 9.53 Å². The van der Waals surface area contributed by atoms with E-state index >= 15 is 0 Å². The van der Waals surface area contributed by atoms with Crippen LogP contribution in [0.3, 0.4) is 0 Å². The average molecular weight is 299 g/mol. The molecular formula is C9H18INO2. The topological polar surface area (TPSA) is 29.5 Å². The predicted octanol–water partition coefficient (Wildman–Crippen LogP) is 2.39. The molecule has 0 aliphatic heterocycles. The maximum absolute atomic E-state index is 11.1. The Morgan fingerprint density at radius 2 is 2.15 bits per heavy atom. The maximum atomic E-state index is 11.1. The molecule has 0 aliphatic carbocycles. The quantitative estimate of drug-likeness (QED) is 0.326. The highest BCUT2D eigenvalue weighted by Gasteiger charge is 2.18. The monoisotopic (exact) mass is 299 g/mol. The number of carbonyl (C=O) groups is 1. The van der Waals surface area contributed by atoms with Crippen molar-refractivity contribution in [1.82, 2.24) is 3.11 Å². The molecule has 0 radical (unpaired) electrons. The number of halogens is 1. The van der Waals surface area contributed by atoms with Gasteiger partial charge in [0.1, 0.15) is 6.04 Å². The fourth-order valence-corrected chi connectivity index (χ4v) is 1.56. The summed E-state index contributed by atoms with van der Waals surface area (Å²) in [6.45, 7) is 4.98. The molecule has 4 heteroatoms. The Labute approximate surface area is 94.3 Å². The lowest BCUT2D eigenvalue weighted by Crippen LogP contribution is -2.33. The molecule has 0 aromatic heterocycles. The minimum absolute atomic E-state index is 0.137. The zero-order chi connectivity index (χ0) is 10.3. The SMILES string of the molecule is CCCCCN(I)[C@@H](C)C(=O)OC. The summed E-state index contributed by atoms with van der Waals surface area (Å²) in [5.74, 6) is -0.161. The van der Waals surface area contributed by atoms with Gasteiger partial charge in [0.25, 0.3) is 0 Å². The van der Waals surface area contributed by atoms with Crippen LogP contribution in [-0.2, 0) is 9.53 Å². The number of hydrogen-bond acceptors (Lipinski definition) is 3. The molecule has 0 heterocycles. The first-order chi connectivity index (χ1) is 6.13. The van der Waals surface area contributed by atoms with Crippen LogP contribution in [0.4, 0.5) is 0 Å². The number of unbranched alkanes of at least 4 members (excludes halogenated alkanes) is 2. The largest absolute Gasteiger partial charge is 0.468 e. The van der Waals surface area contributed by atoms with E-state index in [0.717, 1.165) is 13.0 Å². The second kappa shape index (κ2) is 7.55. The molecule has 0 bridgehead atoms. The molecule has 1 atom stereocenters. The van der Waals surface area contributed by atoms with Crippen molar-refractivity contribution in [2.24, 2.45) is 0 Å². The molecule has 0 aromatic rings. The predicted molar refractivity (Wildman–Crippen MR) is 61.7 cm³/mol. The van der Waals surface area contributed by atoms with Crippen molar-refractivity contribution in [2.45, 2.75) is 39.2 Å². The number of nitrogens with zero attached hydrogens (tertiary/aromatic N) is 1. The van der Waals surface area contributed by atoms with Crippen LogP contribution in [0.25, 0.3) is 0 Å². The lowest BCUT2D eigenvalue weighted by Gasteiger charge is -2.19. The highest BCUT2D eigenvalue weighted by Crippen LogP contribution is 2.10. The van der Waals surface area contributed by atoms with Gasteiger partial charge in [-0.3, -0.25) is 4.79 Å². The average Bonchev–Trinajstić information content (AvgIpc) is 2.15. The van der Waals surface area contributed by atoms with Crippen LogP contribution in [0, 0.1) is 0 Å². The van der Waals surface area contributed by atoms with Crippen molar-refractivity contribution in [3.8, 4) is 0 Å². The minimum atomic E-state index is -0.161. The molecule has 13 heavy (non-hydrogen) atoms. The van der Waals surface area contributed by atoms with E-state index in [-0.39, 0.29) is 12.0 Å². The van der Waals surface area contributed by atoms with E-state index in [1.807, 2.05) is 10.0 Å². The number of methoxy groups -OCH3 is 1. The second-order valence-corrected chi connectivity index (χ2v) is 4.27. The van der Waals surface area contributed by atoms with Crippen molar-refractivity contribution in [3.63, 3.8) is 0 Å². The first kappa shape index (κ1) is 13.2. The smallest absolute Gasteiger partial charge is 0.323 e. The van der Waals surface area contributed by atoms with Gasteiger partial charge in [-0.2, -0.15) is 0 Å². The molecule has 0 saturated heterocycles. The van der Waals surface area contributed by atoms with Crippen LogP contribution >= 0.6 is 22.9 Å². The Morgan fingerprint density at radius 3 is 2.62 bits per heavy atom. The highest BCUT2D eigenvalue weighted by atomic mass is 127. The summed E-state index contributed by atoms with van der Waals surface area (Å²) in [7, 11) is 1.43. The molecule has 0 unspecified atom stereocenters. The van der Waals surface area contributed by atoms with E-state index in [1.54, 1.807) is 0 Å². The molecule has 0 aromatic carbocycles. The van der Waals surface area contributed by atoms with Gasteiger partial charge in [0.2, 0.25) is 0 Å². The van der Waals surface area contributed by atoms with Crippen LogP contribution < -0.4 is 0 Å². The summed E-state index contributed by atoms with van der Waals surface area (Å²) >= 11 is 2.18. The lowest BCUT2D eigenvalue weighted by molar-refractivity contribution is -0.144. The van der Waals surface area contributed by atoms with Gasteiger partial charge >= 0.3 is 5.97 Å². The number of ether oxygens (including phenoxy) is 1. The Kier molecular flexibility index (Phi) is 7.65. The first-order valence-corrected chi connectivity index (χ1v) is 5.60. The van der Waals surface area contributed by atoms with Crippen molar-refractivity contribution in [2.75, 3.05) is 13.7 Å². The molecule has 0 saturated carbocycles. The third kappa shape index (κ3) is 5.46. The Balaban J connectivity index is 3.68. The molecule has 0 aliphatic rings. The van der Waals surface area contributed by atoms with E-state index in [9.17, 15) is 4.79 Å². The second-order valence-electron chi connectivity index (χ2n) is 3.03. The molecule has 0 fully saturated rings. The zero-order valence-electron chi connectivity index (χ0n) is 8.55. The van der Waals surface area contributed by atoms with Gasteiger partial charge in [0, 0.05) is 29.4 Å². The van der Waals surface area contributed by atoms with Crippen molar-refractivity contribution in [3.05, 3.63) is 0 Å². The number of hydrogen-bond donors (Lipinski definition) is 0. The Hall–Kier alpha value is 0.160. The normalized spacial score (nSPS) is 13.0. The summed E-state index contributed by atoms with van der Waals surface area (Å²) in [6.07, 6.45) is 3.56. The standard InChI is InChI=1S/C9H18INO2/c1-4-5-6-7-11(10)8(2)9(12)13-3/h8H,4-7H2,1-3H3/t8-/m0/s1. The number of rotatable bonds is 6. The van der Waals surface area contributed by atoms with Crippen LogP contribution in [0.15, 0.2) is 0 Å². The van der Waals surface area contributed by atoms with E-state index in [4.69, 9.17) is 0 Å². The summed E-state index contributed by atoms with van der Waals surface area (Å²) in [5.41, 5.74) is 0. The van der Waals surface area contributed by atoms with Crippen LogP contribution in [0.5, 0.6) is 0 Å². The minimum Gasteiger partial charge on any atom is -0.468 e. The first-order valence-electron chi connectivity index (χ1n) is 4.63. The van der Waals surface area contributed by atoms with E-state index in [1.165, 1.54) is 20.0 Å². The summed E-state index contributed by atoms with van der Waals surface area (Å²) < 4.78 is 6.65. The van der Waals surface area contributed by atoms with Crippen LogP contribution in [0.2, 0.25) is 0 Å². The number of esters is 1. The summed E-state index contributed by atoms with van der Waals surface area (Å²) in [4.78, 5) is 11.1. The van der Waals surface area contributed by atoms with Gasteiger partial charge in [0.15, 0.2) is 0 Å². The molecule has 0 rings (SSSR count). The third-order valence-electron chi connectivity index (χ3n) is 1.94. The summed E-state index contributed by atoms with van der Waals surface area (Å²) in [6, 6.07) is -0.137. The van der Waals surface area contributed by atoms with E-state index in [2.05, 4.69) is 34.5 Å². The Morgan fingerprint density at radius 1 is 1.54 bits per heavy atom. The maximum Gasteiger partial charge on any atom is 0.323 e. The van der Waals surface area contributed by atoms with Crippen molar-refractivity contribution in [1.29, 1.82) is 0 Å². The van der Waals surface area contributed by atoms with Crippen LogP contribution in [0.1, 0.15) is 33.1 Å². The van der Waals surface area contributed by atoms with Gasteiger partial charge in [-0.15, -0.1) is 0 Å². The van der Waals surface area contributed by atoms with Gasteiger partial charge in [-0.25, -0.2) is 3.11 Å². The van der Waals surface area contributed by atoms with Gasteiger partial charge in [-0.05, 0) is 13.3 Å². The molecule has 78 valence electrons. The molecule has 0 spiro atoms. The van der Waals surface area contributed by atoms with Crippen molar-refractivity contribution >= 4 is 28.8 Å². The third-order valence-corrected chi connectivity index (χ3v) is 3.26. The fourth-order valence-electron chi connectivity index (χ4n) is 0.991. The molecule has 3 nitrogen and oxygen atoms in total.